The fourth-order valence-electron chi connectivity index (χ4n) is 1.11. The first-order valence-electron chi connectivity index (χ1n) is 3.67. The van der Waals surface area contributed by atoms with Crippen LogP contribution < -0.4 is 5.32 Å². The number of halogens is 1. The van der Waals surface area contributed by atoms with Crippen LogP contribution in [0.25, 0.3) is 0 Å². The van der Waals surface area contributed by atoms with Gasteiger partial charge in [-0.15, -0.1) is 0 Å². The molecule has 0 radical (unpaired) electrons. The van der Waals surface area contributed by atoms with Gasteiger partial charge < -0.3 is 10.4 Å². The van der Waals surface area contributed by atoms with Crippen LogP contribution in [0.5, 0.6) is 0 Å². The first kappa shape index (κ1) is 10.2. The highest BCUT2D eigenvalue weighted by molar-refractivity contribution is 9.10. The smallest absolute Gasteiger partial charge is 0.101 e. The van der Waals surface area contributed by atoms with Gasteiger partial charge in [0.25, 0.3) is 0 Å². The van der Waals surface area contributed by atoms with E-state index in [1.165, 1.54) is 0 Å². The van der Waals surface area contributed by atoms with Gasteiger partial charge in [0, 0.05) is 22.0 Å². The second-order valence-electron chi connectivity index (χ2n) is 2.94. The summed E-state index contributed by atoms with van der Waals surface area (Å²) in [5, 5.41) is 16.9. The molecule has 0 aliphatic rings. The van der Waals surface area contributed by atoms with Crippen LogP contribution in [0.4, 0.5) is 0 Å². The Hall–Kier alpha value is 0.100. The van der Waals surface area contributed by atoms with Gasteiger partial charge in [-0.1, -0.05) is 0 Å². The second kappa shape index (κ2) is 3.87. The number of likely N-dealkylation sites (N-methyl/N-ethyl adjacent to an activating group) is 1. The van der Waals surface area contributed by atoms with E-state index in [9.17, 15) is 5.11 Å². The van der Waals surface area contributed by atoms with Gasteiger partial charge in [0.05, 0.1) is 0 Å². The predicted octanol–water partition coefficient (Wildman–Crippen LogP) is 1.94. The lowest BCUT2D eigenvalue weighted by molar-refractivity contribution is 0.0589. The zero-order valence-electron chi connectivity index (χ0n) is 7.10. The molecule has 0 aliphatic heterocycles. The summed E-state index contributed by atoms with van der Waals surface area (Å²) < 4.78 is 0.979. The quantitative estimate of drug-likeness (QED) is 0.859. The van der Waals surface area contributed by atoms with Crippen molar-refractivity contribution in [1.29, 1.82) is 0 Å². The van der Waals surface area contributed by atoms with Crippen LogP contribution >= 0.6 is 27.3 Å². The van der Waals surface area contributed by atoms with E-state index >= 15 is 0 Å². The first-order chi connectivity index (χ1) is 5.58. The standard InChI is InChI=1S/C8H12BrNOS/c1-8(11,5-10-2)6-3-12-4-7(6)9/h3-4,10-11H,5H2,1-2H3. The molecule has 1 aromatic rings. The molecule has 1 heterocycles. The third-order valence-corrected chi connectivity index (χ3v) is 3.42. The molecule has 0 aromatic carbocycles. The Morgan fingerprint density at radius 1 is 1.67 bits per heavy atom. The molecular weight excluding hydrogens is 238 g/mol. The monoisotopic (exact) mass is 249 g/mol. The van der Waals surface area contributed by atoms with Gasteiger partial charge in [0.15, 0.2) is 0 Å². The minimum atomic E-state index is -0.784. The SMILES string of the molecule is CNCC(C)(O)c1cscc1Br. The second-order valence-corrected chi connectivity index (χ2v) is 4.54. The summed E-state index contributed by atoms with van der Waals surface area (Å²) in [6.07, 6.45) is 0. The first-order valence-corrected chi connectivity index (χ1v) is 5.40. The molecule has 0 aliphatic carbocycles. The molecular formula is C8H12BrNOS. The zero-order valence-corrected chi connectivity index (χ0v) is 9.50. The van der Waals surface area contributed by atoms with E-state index in [0.717, 1.165) is 10.0 Å². The minimum absolute atomic E-state index is 0.558. The van der Waals surface area contributed by atoms with Gasteiger partial charge in [-0.25, -0.2) is 0 Å². The van der Waals surface area contributed by atoms with Gasteiger partial charge in [0.1, 0.15) is 5.60 Å². The highest BCUT2D eigenvalue weighted by Crippen LogP contribution is 2.30. The van der Waals surface area contributed by atoms with Crippen molar-refractivity contribution < 1.29 is 5.11 Å². The summed E-state index contributed by atoms with van der Waals surface area (Å²) in [5.41, 5.74) is 0.162. The van der Waals surface area contributed by atoms with Crippen LogP contribution in [-0.4, -0.2) is 18.7 Å². The van der Waals surface area contributed by atoms with E-state index < -0.39 is 5.60 Å². The lowest BCUT2D eigenvalue weighted by atomic mass is 10.00. The van der Waals surface area contributed by atoms with Crippen molar-refractivity contribution in [3.05, 3.63) is 20.8 Å². The molecule has 0 saturated heterocycles. The molecule has 0 bridgehead atoms. The summed E-state index contributed by atoms with van der Waals surface area (Å²) in [5.74, 6) is 0. The molecule has 1 unspecified atom stereocenters. The molecule has 2 nitrogen and oxygen atoms in total. The van der Waals surface area contributed by atoms with Gasteiger partial charge in [-0.3, -0.25) is 0 Å². The Labute approximate surface area is 84.7 Å². The van der Waals surface area contributed by atoms with E-state index in [2.05, 4.69) is 21.2 Å². The fraction of sp³-hybridized carbons (Fsp3) is 0.500. The Kier molecular flexibility index (Phi) is 3.29. The average molecular weight is 250 g/mol. The Morgan fingerprint density at radius 2 is 2.33 bits per heavy atom. The lowest BCUT2D eigenvalue weighted by Gasteiger charge is -2.22. The third kappa shape index (κ3) is 2.07. The molecule has 1 aromatic heterocycles. The molecule has 4 heteroatoms. The van der Waals surface area contributed by atoms with Crippen molar-refractivity contribution in [2.24, 2.45) is 0 Å². The highest BCUT2D eigenvalue weighted by Gasteiger charge is 2.24. The molecule has 12 heavy (non-hydrogen) atoms. The fourth-order valence-corrected chi connectivity index (χ4v) is 2.95. The summed E-state index contributed by atoms with van der Waals surface area (Å²) in [7, 11) is 1.83. The normalized spacial score (nSPS) is 16.0. The van der Waals surface area contributed by atoms with Crippen LogP contribution in [-0.2, 0) is 5.60 Å². The summed E-state index contributed by atoms with van der Waals surface area (Å²) >= 11 is 4.98. The van der Waals surface area contributed by atoms with E-state index in [1.54, 1.807) is 18.3 Å². The van der Waals surface area contributed by atoms with E-state index in [0.29, 0.717) is 6.54 Å². The number of hydrogen-bond acceptors (Lipinski definition) is 3. The number of hydrogen-bond donors (Lipinski definition) is 2. The predicted molar refractivity (Wildman–Crippen MR) is 55.5 cm³/mol. The van der Waals surface area contributed by atoms with Gasteiger partial charge >= 0.3 is 0 Å². The minimum Gasteiger partial charge on any atom is -0.384 e. The largest absolute Gasteiger partial charge is 0.384 e. The topological polar surface area (TPSA) is 32.3 Å². The molecule has 1 atom stereocenters. The highest BCUT2D eigenvalue weighted by atomic mass is 79.9. The Morgan fingerprint density at radius 3 is 2.75 bits per heavy atom. The lowest BCUT2D eigenvalue weighted by Crippen LogP contribution is -2.33. The Balaban J connectivity index is 2.88. The third-order valence-electron chi connectivity index (χ3n) is 1.72. The molecule has 68 valence electrons. The number of aliphatic hydroxyl groups is 1. The molecule has 0 fully saturated rings. The summed E-state index contributed by atoms with van der Waals surface area (Å²) in [6.45, 7) is 2.36. The van der Waals surface area contributed by atoms with E-state index in [4.69, 9.17) is 0 Å². The molecule has 0 spiro atoms. The van der Waals surface area contributed by atoms with Crippen LogP contribution in [0.15, 0.2) is 15.2 Å². The van der Waals surface area contributed by atoms with E-state index in [1.807, 2.05) is 17.8 Å². The van der Waals surface area contributed by atoms with Crippen LogP contribution in [0.3, 0.4) is 0 Å². The van der Waals surface area contributed by atoms with Crippen LogP contribution in [0.1, 0.15) is 12.5 Å². The van der Waals surface area contributed by atoms with Gasteiger partial charge in [0.2, 0.25) is 0 Å². The maximum absolute atomic E-state index is 9.97. The number of nitrogens with one attached hydrogen (secondary N) is 1. The number of rotatable bonds is 3. The molecule has 0 saturated carbocycles. The molecule has 1 rings (SSSR count). The van der Waals surface area contributed by atoms with Crippen molar-refractivity contribution in [1.82, 2.24) is 5.32 Å². The maximum atomic E-state index is 9.97. The average Bonchev–Trinajstić information content (AvgIpc) is 2.35. The van der Waals surface area contributed by atoms with Gasteiger partial charge in [-0.05, 0) is 35.3 Å². The van der Waals surface area contributed by atoms with Crippen molar-refractivity contribution >= 4 is 27.3 Å². The molecule has 2 N–H and O–H groups in total. The number of thiophene rings is 1. The van der Waals surface area contributed by atoms with Crippen molar-refractivity contribution in [3.63, 3.8) is 0 Å². The van der Waals surface area contributed by atoms with Crippen LogP contribution in [0, 0.1) is 0 Å². The van der Waals surface area contributed by atoms with Gasteiger partial charge in [-0.2, -0.15) is 11.3 Å². The maximum Gasteiger partial charge on any atom is 0.101 e. The zero-order chi connectivity index (χ0) is 9.19. The summed E-state index contributed by atoms with van der Waals surface area (Å²) in [6, 6.07) is 0. The van der Waals surface area contributed by atoms with Crippen molar-refractivity contribution in [3.8, 4) is 0 Å². The summed E-state index contributed by atoms with van der Waals surface area (Å²) in [4.78, 5) is 0. The van der Waals surface area contributed by atoms with E-state index in [-0.39, 0.29) is 0 Å². The van der Waals surface area contributed by atoms with Crippen molar-refractivity contribution in [2.75, 3.05) is 13.6 Å². The Bertz CT molecular complexity index is 259. The molecule has 0 amide bonds. The van der Waals surface area contributed by atoms with Crippen molar-refractivity contribution in [2.45, 2.75) is 12.5 Å². The van der Waals surface area contributed by atoms with Crippen LogP contribution in [0.2, 0.25) is 0 Å².